The van der Waals surface area contributed by atoms with Crippen molar-refractivity contribution < 1.29 is 9.59 Å². The average Bonchev–Trinajstić information content (AvgIpc) is 2.91. The molecular weight excluding hydrogens is 342 g/mol. The second-order valence-corrected chi connectivity index (χ2v) is 6.78. The minimum atomic E-state index is -0.112. The summed E-state index contributed by atoms with van der Waals surface area (Å²) in [7, 11) is 0. The van der Waals surface area contributed by atoms with E-state index in [-0.39, 0.29) is 11.8 Å². The third kappa shape index (κ3) is 5.26. The van der Waals surface area contributed by atoms with Gasteiger partial charge in [-0.15, -0.1) is 0 Å². The van der Waals surface area contributed by atoms with Gasteiger partial charge in [-0.1, -0.05) is 12.8 Å². The molecule has 1 saturated heterocycles. The monoisotopic (exact) mass is 367 g/mol. The standard InChI is InChI=1S/C20H25N5O2/c1-14-21-18(20(27)25-11-5-3-4-6-12-25)13-19(22-14)24-17-9-7-16(8-10-17)23-15(2)26/h7-10,13H,3-6,11-12H2,1-2H3,(H,23,26)(H,21,22,24). The van der Waals surface area contributed by atoms with Crippen LogP contribution in [0, 0.1) is 6.92 Å². The van der Waals surface area contributed by atoms with Gasteiger partial charge in [0.25, 0.3) is 5.91 Å². The quantitative estimate of drug-likeness (QED) is 0.863. The largest absolute Gasteiger partial charge is 0.340 e. The predicted octanol–water partition coefficient (Wildman–Crippen LogP) is 3.50. The molecule has 2 N–H and O–H groups in total. The molecule has 2 amide bonds. The predicted molar refractivity (Wildman–Crippen MR) is 105 cm³/mol. The second-order valence-electron chi connectivity index (χ2n) is 6.78. The van der Waals surface area contributed by atoms with E-state index in [2.05, 4.69) is 20.6 Å². The number of aromatic nitrogens is 2. The molecule has 1 aliphatic rings. The van der Waals surface area contributed by atoms with E-state index in [1.807, 2.05) is 17.0 Å². The first-order valence-electron chi connectivity index (χ1n) is 9.31. The molecule has 1 aromatic heterocycles. The smallest absolute Gasteiger partial charge is 0.272 e. The number of likely N-dealkylation sites (tertiary alicyclic amines) is 1. The van der Waals surface area contributed by atoms with Crippen LogP contribution in [0.15, 0.2) is 30.3 Å². The lowest BCUT2D eigenvalue weighted by Gasteiger charge is -2.20. The van der Waals surface area contributed by atoms with Crippen LogP contribution in [0.25, 0.3) is 0 Å². The van der Waals surface area contributed by atoms with Crippen LogP contribution in [-0.4, -0.2) is 39.8 Å². The zero-order valence-corrected chi connectivity index (χ0v) is 15.8. The van der Waals surface area contributed by atoms with E-state index in [9.17, 15) is 9.59 Å². The van der Waals surface area contributed by atoms with Gasteiger partial charge in [-0.05, 0) is 44.0 Å². The maximum absolute atomic E-state index is 12.8. The molecule has 3 rings (SSSR count). The number of anilines is 3. The van der Waals surface area contributed by atoms with Gasteiger partial charge in [0.15, 0.2) is 0 Å². The number of rotatable bonds is 4. The van der Waals surface area contributed by atoms with Crippen LogP contribution in [-0.2, 0) is 4.79 Å². The van der Waals surface area contributed by atoms with Crippen molar-refractivity contribution in [2.24, 2.45) is 0 Å². The summed E-state index contributed by atoms with van der Waals surface area (Å²) in [6, 6.07) is 9.00. The van der Waals surface area contributed by atoms with Crippen LogP contribution in [0.1, 0.15) is 48.9 Å². The fourth-order valence-electron chi connectivity index (χ4n) is 3.17. The van der Waals surface area contributed by atoms with Crippen molar-refractivity contribution in [3.63, 3.8) is 0 Å². The molecule has 0 radical (unpaired) electrons. The Morgan fingerprint density at radius 3 is 2.22 bits per heavy atom. The van der Waals surface area contributed by atoms with Crippen LogP contribution in [0.2, 0.25) is 0 Å². The first-order valence-corrected chi connectivity index (χ1v) is 9.31. The van der Waals surface area contributed by atoms with Crippen molar-refractivity contribution in [3.8, 4) is 0 Å². The van der Waals surface area contributed by atoms with E-state index in [0.717, 1.165) is 37.3 Å². The van der Waals surface area contributed by atoms with Gasteiger partial charge in [-0.2, -0.15) is 0 Å². The van der Waals surface area contributed by atoms with Crippen LogP contribution in [0.3, 0.4) is 0 Å². The van der Waals surface area contributed by atoms with E-state index in [4.69, 9.17) is 0 Å². The Morgan fingerprint density at radius 2 is 1.59 bits per heavy atom. The van der Waals surface area contributed by atoms with Crippen LogP contribution in [0.4, 0.5) is 17.2 Å². The van der Waals surface area contributed by atoms with E-state index in [1.54, 1.807) is 25.1 Å². The molecule has 2 heterocycles. The van der Waals surface area contributed by atoms with Crippen molar-refractivity contribution in [1.29, 1.82) is 0 Å². The van der Waals surface area contributed by atoms with E-state index in [0.29, 0.717) is 17.3 Å². The summed E-state index contributed by atoms with van der Waals surface area (Å²) in [6.07, 6.45) is 4.44. The number of amides is 2. The molecule has 2 aromatic rings. The van der Waals surface area contributed by atoms with Gasteiger partial charge in [0.2, 0.25) is 5.91 Å². The highest BCUT2D eigenvalue weighted by atomic mass is 16.2. The summed E-state index contributed by atoms with van der Waals surface area (Å²) in [4.78, 5) is 34.5. The molecule has 0 aliphatic carbocycles. The van der Waals surface area contributed by atoms with Gasteiger partial charge in [0.05, 0.1) is 0 Å². The second kappa shape index (κ2) is 8.62. The number of aryl methyl sites for hydroxylation is 1. The maximum Gasteiger partial charge on any atom is 0.272 e. The topological polar surface area (TPSA) is 87.2 Å². The van der Waals surface area contributed by atoms with E-state index in [1.165, 1.54) is 19.8 Å². The Bertz CT molecular complexity index is 812. The SMILES string of the molecule is CC(=O)Nc1ccc(Nc2cc(C(=O)N3CCCCCC3)nc(C)n2)cc1. The van der Waals surface area contributed by atoms with Gasteiger partial charge in [-0.25, -0.2) is 9.97 Å². The highest BCUT2D eigenvalue weighted by Gasteiger charge is 2.19. The van der Waals surface area contributed by atoms with Crippen LogP contribution in [0.5, 0.6) is 0 Å². The lowest BCUT2D eigenvalue weighted by Crippen LogP contribution is -2.32. The molecule has 0 atom stereocenters. The maximum atomic E-state index is 12.8. The molecular formula is C20H25N5O2. The van der Waals surface area contributed by atoms with Crippen molar-refractivity contribution in [2.75, 3.05) is 23.7 Å². The summed E-state index contributed by atoms with van der Waals surface area (Å²) in [5.74, 6) is 0.978. The van der Waals surface area contributed by atoms with Gasteiger partial charge >= 0.3 is 0 Å². The summed E-state index contributed by atoms with van der Waals surface area (Å²) in [5.41, 5.74) is 1.96. The zero-order chi connectivity index (χ0) is 19.2. The first-order chi connectivity index (χ1) is 13.0. The number of benzene rings is 1. The fourth-order valence-corrected chi connectivity index (χ4v) is 3.17. The lowest BCUT2D eigenvalue weighted by molar-refractivity contribution is -0.114. The lowest BCUT2D eigenvalue weighted by atomic mass is 10.2. The number of nitrogens with one attached hydrogen (secondary N) is 2. The molecule has 27 heavy (non-hydrogen) atoms. The Kier molecular flexibility index (Phi) is 6.01. The summed E-state index contributed by atoms with van der Waals surface area (Å²) >= 11 is 0. The zero-order valence-electron chi connectivity index (χ0n) is 15.8. The number of carbonyl (C=O) groups excluding carboxylic acids is 2. The Morgan fingerprint density at radius 1 is 0.963 bits per heavy atom. The molecule has 7 nitrogen and oxygen atoms in total. The van der Waals surface area contributed by atoms with E-state index >= 15 is 0 Å². The minimum Gasteiger partial charge on any atom is -0.340 e. The highest BCUT2D eigenvalue weighted by Crippen LogP contribution is 2.19. The van der Waals surface area contributed by atoms with Crippen molar-refractivity contribution in [2.45, 2.75) is 39.5 Å². The normalized spacial score (nSPS) is 14.4. The summed E-state index contributed by atoms with van der Waals surface area (Å²) in [6.45, 7) is 4.83. The molecule has 0 bridgehead atoms. The molecule has 1 fully saturated rings. The summed E-state index contributed by atoms with van der Waals surface area (Å²) < 4.78 is 0. The van der Waals surface area contributed by atoms with Crippen molar-refractivity contribution in [3.05, 3.63) is 41.9 Å². The molecule has 1 aromatic carbocycles. The number of hydrogen-bond acceptors (Lipinski definition) is 5. The fraction of sp³-hybridized carbons (Fsp3) is 0.400. The highest BCUT2D eigenvalue weighted by molar-refractivity contribution is 5.93. The Hall–Kier alpha value is -2.96. The molecule has 7 heteroatoms. The summed E-state index contributed by atoms with van der Waals surface area (Å²) in [5, 5.41) is 5.93. The third-order valence-corrected chi connectivity index (χ3v) is 4.43. The first kappa shape index (κ1) is 18.8. The average molecular weight is 367 g/mol. The van der Waals surface area contributed by atoms with Gasteiger partial charge in [-0.3, -0.25) is 9.59 Å². The number of hydrogen-bond donors (Lipinski definition) is 2. The van der Waals surface area contributed by atoms with Gasteiger partial charge < -0.3 is 15.5 Å². The third-order valence-electron chi connectivity index (χ3n) is 4.43. The van der Waals surface area contributed by atoms with Crippen molar-refractivity contribution in [1.82, 2.24) is 14.9 Å². The number of carbonyl (C=O) groups is 2. The minimum absolute atomic E-state index is 0.0357. The molecule has 0 unspecified atom stereocenters. The molecule has 142 valence electrons. The van der Waals surface area contributed by atoms with Crippen LogP contribution >= 0.6 is 0 Å². The van der Waals surface area contributed by atoms with Crippen molar-refractivity contribution >= 4 is 29.0 Å². The number of nitrogens with zero attached hydrogens (tertiary/aromatic N) is 3. The molecule has 0 spiro atoms. The molecule has 1 aliphatic heterocycles. The van der Waals surface area contributed by atoms with E-state index < -0.39 is 0 Å². The Labute approximate surface area is 159 Å². The molecule has 0 saturated carbocycles. The Balaban J connectivity index is 1.74. The van der Waals surface area contributed by atoms with Gasteiger partial charge in [0.1, 0.15) is 17.3 Å². The van der Waals surface area contributed by atoms with Crippen LogP contribution < -0.4 is 10.6 Å². The van der Waals surface area contributed by atoms with Gasteiger partial charge in [0, 0.05) is 37.5 Å².